The van der Waals surface area contributed by atoms with Gasteiger partial charge in [0.1, 0.15) is 20.0 Å². The lowest BCUT2D eigenvalue weighted by molar-refractivity contribution is -0.687. The number of hydrogen-bond acceptors (Lipinski definition) is 6. The Morgan fingerprint density at radius 1 is 1.21 bits per heavy atom. The van der Waals surface area contributed by atoms with Crippen LogP contribution < -0.4 is 29.0 Å². The van der Waals surface area contributed by atoms with Crippen LogP contribution in [0.2, 0.25) is 0 Å². The van der Waals surface area contributed by atoms with Crippen molar-refractivity contribution in [2.75, 3.05) is 19.1 Å². The molecule has 0 bridgehead atoms. The predicted molar refractivity (Wildman–Crippen MR) is 141 cm³/mol. The van der Waals surface area contributed by atoms with Crippen LogP contribution in [0, 0.1) is 6.92 Å². The van der Waals surface area contributed by atoms with Crippen molar-refractivity contribution < 1.29 is 9.30 Å². The van der Waals surface area contributed by atoms with E-state index in [0.717, 1.165) is 37.1 Å². The van der Waals surface area contributed by atoms with Crippen LogP contribution in [0.5, 0.6) is 5.75 Å². The van der Waals surface area contributed by atoms with Gasteiger partial charge in [0.15, 0.2) is 12.7 Å². The van der Waals surface area contributed by atoms with E-state index in [4.69, 9.17) is 4.74 Å². The van der Waals surface area contributed by atoms with E-state index >= 15 is 0 Å². The van der Waals surface area contributed by atoms with E-state index in [1.807, 2.05) is 23.7 Å². The summed E-state index contributed by atoms with van der Waals surface area (Å²) in [6.45, 7) is 5.72. The Labute approximate surface area is 209 Å². The average molecular weight is 507 g/mol. The number of anilines is 1. The number of fused-ring (bicyclic) bond motifs is 3. The highest BCUT2D eigenvalue weighted by Crippen LogP contribution is 2.46. The molecular weight excluding hydrogens is 483 g/mol. The summed E-state index contributed by atoms with van der Waals surface area (Å²) in [5.41, 5.74) is 6.19. The summed E-state index contributed by atoms with van der Waals surface area (Å²) in [6.07, 6.45) is 2.15. The van der Waals surface area contributed by atoms with Crippen molar-refractivity contribution in [3.05, 3.63) is 89.2 Å². The monoisotopic (exact) mass is 506 g/mol. The van der Waals surface area contributed by atoms with Crippen molar-refractivity contribution in [2.24, 2.45) is 0 Å². The van der Waals surface area contributed by atoms with Gasteiger partial charge in [-0.3, -0.25) is 9.36 Å². The molecule has 4 heterocycles. The average Bonchev–Trinajstić information content (AvgIpc) is 3.53. The molecule has 172 valence electrons. The summed E-state index contributed by atoms with van der Waals surface area (Å²) >= 11 is 4.99. The molecule has 0 atom stereocenters. The summed E-state index contributed by atoms with van der Waals surface area (Å²) in [5.74, 6) is 0.825. The van der Waals surface area contributed by atoms with Crippen LogP contribution >= 0.6 is 34.4 Å². The maximum Gasteiger partial charge on any atom is 0.272 e. The molecule has 0 saturated carbocycles. The normalized spacial score (nSPS) is 17.5. The van der Waals surface area contributed by atoms with Gasteiger partial charge in [0.25, 0.3) is 10.6 Å². The van der Waals surface area contributed by atoms with Crippen molar-refractivity contribution in [3.8, 4) is 5.75 Å². The first kappa shape index (κ1) is 21.7. The number of thioether (sulfide) groups is 1. The van der Waals surface area contributed by atoms with Crippen molar-refractivity contribution in [3.63, 3.8) is 0 Å². The van der Waals surface area contributed by atoms with Gasteiger partial charge in [0.2, 0.25) is 0 Å². The Balaban J connectivity index is 1.68. The third kappa shape index (κ3) is 3.12. The number of methoxy groups -OCH3 is 1. The van der Waals surface area contributed by atoms with E-state index in [-0.39, 0.29) is 5.56 Å². The zero-order valence-corrected chi connectivity index (χ0v) is 21.9. The van der Waals surface area contributed by atoms with E-state index in [1.54, 1.807) is 41.5 Å². The number of aromatic nitrogens is 2. The highest BCUT2D eigenvalue weighted by molar-refractivity contribution is 8.08. The van der Waals surface area contributed by atoms with Crippen molar-refractivity contribution in [2.45, 2.75) is 31.8 Å². The summed E-state index contributed by atoms with van der Waals surface area (Å²) < 4.78 is 11.5. The van der Waals surface area contributed by atoms with Crippen LogP contribution in [-0.4, -0.2) is 18.7 Å². The number of nitrogens with zero attached hydrogens (tertiary/aromatic N) is 3. The van der Waals surface area contributed by atoms with Gasteiger partial charge in [0.05, 0.1) is 23.8 Å². The molecule has 2 aromatic heterocycles. The minimum absolute atomic E-state index is 0.0759. The zero-order valence-electron chi connectivity index (χ0n) is 19.4. The van der Waals surface area contributed by atoms with E-state index in [9.17, 15) is 4.79 Å². The fourth-order valence-corrected chi connectivity index (χ4v) is 8.34. The van der Waals surface area contributed by atoms with Crippen LogP contribution in [0.3, 0.4) is 0 Å². The smallest absolute Gasteiger partial charge is 0.272 e. The van der Waals surface area contributed by atoms with Crippen molar-refractivity contribution in [1.29, 1.82) is 0 Å². The molecule has 5 nitrogen and oxygen atoms in total. The highest BCUT2D eigenvalue weighted by atomic mass is 32.2. The van der Waals surface area contributed by atoms with Crippen LogP contribution in [0.4, 0.5) is 5.69 Å². The van der Waals surface area contributed by atoms with Crippen molar-refractivity contribution >= 4 is 50.7 Å². The fraction of sp³-hybridized carbons (Fsp3) is 0.231. The topological polar surface area (TPSA) is 38.4 Å². The molecule has 0 N–H and O–H groups in total. The molecule has 2 aliphatic rings. The maximum absolute atomic E-state index is 13.8. The van der Waals surface area contributed by atoms with E-state index in [0.29, 0.717) is 6.54 Å². The lowest BCUT2D eigenvalue weighted by Gasteiger charge is -2.16. The molecule has 0 saturated heterocycles. The van der Waals surface area contributed by atoms with Gasteiger partial charge >= 0.3 is 0 Å². The first-order chi connectivity index (χ1) is 16.5. The molecule has 0 radical (unpaired) electrons. The minimum atomic E-state index is 0.0759. The summed E-state index contributed by atoms with van der Waals surface area (Å²) in [4.78, 5) is 17.0. The van der Waals surface area contributed by atoms with E-state index in [1.165, 1.54) is 27.3 Å². The minimum Gasteiger partial charge on any atom is -0.497 e. The lowest BCUT2D eigenvalue weighted by Crippen LogP contribution is -2.42. The molecule has 0 aliphatic carbocycles. The molecule has 0 unspecified atom stereocenters. The second-order valence-electron chi connectivity index (χ2n) is 8.40. The Hall–Kier alpha value is -2.81. The maximum atomic E-state index is 13.8. The molecule has 8 heteroatoms. The summed E-state index contributed by atoms with van der Waals surface area (Å²) in [5, 5.41) is 4.32. The van der Waals surface area contributed by atoms with Gasteiger partial charge in [0, 0.05) is 29.6 Å². The molecule has 4 aromatic rings. The Bertz CT molecular complexity index is 1640. The first-order valence-electron chi connectivity index (χ1n) is 11.2. The SMILES string of the molecule is CCn1c(=O)/c(=C2\Sc3cc(OC)ccc3N2C)s/c1=C1/c2cccc(C)c2C[n+]2ccsc21. The Kier molecular flexibility index (Phi) is 5.20. The quantitative estimate of drug-likeness (QED) is 0.344. The molecule has 0 fully saturated rings. The number of rotatable bonds is 2. The van der Waals surface area contributed by atoms with Gasteiger partial charge < -0.3 is 9.64 Å². The van der Waals surface area contributed by atoms with Gasteiger partial charge in [-0.15, -0.1) is 11.3 Å². The van der Waals surface area contributed by atoms with Crippen LogP contribution in [0.1, 0.15) is 28.6 Å². The zero-order chi connectivity index (χ0) is 23.6. The molecule has 2 aromatic carbocycles. The van der Waals surface area contributed by atoms with Crippen LogP contribution in [-0.2, 0) is 13.1 Å². The van der Waals surface area contributed by atoms with Crippen molar-refractivity contribution in [1.82, 2.24) is 4.57 Å². The predicted octanol–water partition coefficient (Wildman–Crippen LogP) is 3.51. The number of benzene rings is 2. The highest BCUT2D eigenvalue weighted by Gasteiger charge is 2.32. The van der Waals surface area contributed by atoms with Gasteiger partial charge in [-0.1, -0.05) is 41.3 Å². The molecular formula is C26H24N3O2S3+. The standard InChI is InChI=1S/C26H24N3O2S3/c1-5-29-23(30)22(26-27(3)19-10-9-16(31-4)13-20(19)33-26)34-25(29)21-17-8-6-7-15(2)18(17)14-28-11-12-32-24(21)28/h6-13H,5,14H2,1-4H3/q+1/b26-22+. The Morgan fingerprint density at radius 3 is 2.85 bits per heavy atom. The van der Waals surface area contributed by atoms with Crippen LogP contribution in [0.15, 0.2) is 57.7 Å². The summed E-state index contributed by atoms with van der Waals surface area (Å²) in [6, 6.07) is 12.6. The molecule has 2 aliphatic heterocycles. The number of aryl methyl sites for hydroxylation is 1. The molecule has 34 heavy (non-hydrogen) atoms. The number of thiazole rings is 2. The third-order valence-corrected chi connectivity index (χ3v) is 10.0. The first-order valence-corrected chi connectivity index (χ1v) is 13.7. The Morgan fingerprint density at radius 2 is 2.06 bits per heavy atom. The third-order valence-electron chi connectivity index (χ3n) is 6.55. The molecule has 0 amide bonds. The lowest BCUT2D eigenvalue weighted by atomic mass is 9.94. The van der Waals surface area contributed by atoms with Crippen LogP contribution in [0.25, 0.3) is 10.6 Å². The van der Waals surface area contributed by atoms with Gasteiger partial charge in [-0.05, 0) is 37.6 Å². The van der Waals surface area contributed by atoms with Gasteiger partial charge in [-0.25, -0.2) is 0 Å². The summed E-state index contributed by atoms with van der Waals surface area (Å²) in [7, 11) is 3.72. The number of hydrogen-bond donors (Lipinski definition) is 0. The van der Waals surface area contributed by atoms with E-state index in [2.05, 4.69) is 59.2 Å². The number of ether oxygens (including phenoxy) is 1. The van der Waals surface area contributed by atoms with E-state index < -0.39 is 0 Å². The molecule has 6 rings (SSSR count). The molecule has 0 spiro atoms. The second-order valence-corrected chi connectivity index (χ2v) is 11.3. The largest absolute Gasteiger partial charge is 0.497 e. The van der Waals surface area contributed by atoms with Gasteiger partial charge in [-0.2, -0.15) is 4.57 Å². The second kappa shape index (κ2) is 8.15. The fourth-order valence-electron chi connectivity index (χ4n) is 4.75.